The first-order valence-corrected chi connectivity index (χ1v) is 8.75. The summed E-state index contributed by atoms with van der Waals surface area (Å²) < 4.78 is 0. The fraction of sp³-hybridized carbons (Fsp3) is 0.143. The van der Waals surface area contributed by atoms with Crippen molar-refractivity contribution >= 4 is 24.5 Å². The molecule has 12 heavy (non-hydrogen) atoms. The van der Waals surface area contributed by atoms with Gasteiger partial charge in [-0.1, -0.05) is 18.2 Å². The Morgan fingerprint density at radius 1 is 1.25 bits per heavy atom. The van der Waals surface area contributed by atoms with Gasteiger partial charge in [0.1, 0.15) is 0 Å². The van der Waals surface area contributed by atoms with E-state index in [2.05, 4.69) is 0 Å². The molecule has 5 heteroatoms. The molecular formula is C7H10Cl2N2Pt. The van der Waals surface area contributed by atoms with E-state index in [0.29, 0.717) is 6.54 Å². The molecule has 0 spiro atoms. The average Bonchev–Trinajstić information content (AvgIpc) is 2.07. The van der Waals surface area contributed by atoms with Crippen molar-refractivity contribution in [2.75, 3.05) is 5.73 Å². The summed E-state index contributed by atoms with van der Waals surface area (Å²) in [6.45, 7) is 0.521. The van der Waals surface area contributed by atoms with E-state index in [0.717, 1.165) is 11.3 Å². The van der Waals surface area contributed by atoms with E-state index < -0.39 is 16.5 Å². The van der Waals surface area contributed by atoms with Gasteiger partial charge in [-0.3, -0.25) is 0 Å². The van der Waals surface area contributed by atoms with Gasteiger partial charge in [-0.15, -0.1) is 0 Å². The minimum absolute atomic E-state index is 0.472. The number of para-hydroxylation sites is 1. The zero-order chi connectivity index (χ0) is 9.40. The Morgan fingerprint density at radius 3 is 2.08 bits per heavy atom. The van der Waals surface area contributed by atoms with Crippen LogP contribution in [0.15, 0.2) is 24.3 Å². The van der Waals surface area contributed by atoms with Gasteiger partial charge in [0, 0.05) is 12.2 Å². The predicted octanol–water partition coefficient (Wildman–Crippen LogP) is 2.10. The fourth-order valence-electron chi connectivity index (χ4n) is 0.720. The van der Waals surface area contributed by atoms with E-state index in [4.69, 9.17) is 30.3 Å². The van der Waals surface area contributed by atoms with Gasteiger partial charge in [0.15, 0.2) is 0 Å². The van der Waals surface area contributed by atoms with Crippen LogP contribution in [0.2, 0.25) is 0 Å². The van der Waals surface area contributed by atoms with Crippen LogP contribution in [0, 0.1) is 0 Å². The van der Waals surface area contributed by atoms with Crippen LogP contribution in [0.4, 0.5) is 5.69 Å². The summed E-state index contributed by atoms with van der Waals surface area (Å²) in [5, 5.41) is 0. The molecule has 0 heterocycles. The van der Waals surface area contributed by atoms with Crippen molar-refractivity contribution in [1.82, 2.24) is 0 Å². The third-order valence-electron chi connectivity index (χ3n) is 1.28. The Bertz CT molecular complexity index is 220. The number of benzene rings is 1. The van der Waals surface area contributed by atoms with Crippen molar-refractivity contribution in [3.8, 4) is 0 Å². The van der Waals surface area contributed by atoms with Gasteiger partial charge < -0.3 is 11.5 Å². The van der Waals surface area contributed by atoms with Crippen LogP contribution in [0.3, 0.4) is 0 Å². The Hall–Kier alpha value is 0.248. The molecule has 0 amide bonds. The molecule has 0 aliphatic heterocycles. The summed E-state index contributed by atoms with van der Waals surface area (Å²) in [6.07, 6.45) is 0. The topological polar surface area (TPSA) is 52.0 Å². The third-order valence-corrected chi connectivity index (χ3v) is 1.28. The summed E-state index contributed by atoms with van der Waals surface area (Å²) in [5.74, 6) is 0. The Labute approximate surface area is 88.6 Å². The molecule has 1 aromatic carbocycles. The molecule has 4 N–H and O–H groups in total. The van der Waals surface area contributed by atoms with Gasteiger partial charge in [0.2, 0.25) is 0 Å². The molecule has 0 aliphatic rings. The van der Waals surface area contributed by atoms with Gasteiger partial charge in [0.05, 0.1) is 0 Å². The van der Waals surface area contributed by atoms with Crippen molar-refractivity contribution in [3.05, 3.63) is 29.8 Å². The van der Waals surface area contributed by atoms with E-state index in [1.807, 2.05) is 24.3 Å². The monoisotopic (exact) mass is 387 g/mol. The summed E-state index contributed by atoms with van der Waals surface area (Å²) >= 11 is -0.472. The molecule has 0 fully saturated rings. The predicted molar refractivity (Wildman–Crippen MR) is 50.5 cm³/mol. The van der Waals surface area contributed by atoms with Crippen LogP contribution in [0.25, 0.3) is 0 Å². The first-order chi connectivity index (χ1) is 5.76. The molecular weight excluding hydrogens is 378 g/mol. The van der Waals surface area contributed by atoms with Crippen LogP contribution in [0.5, 0.6) is 0 Å². The van der Waals surface area contributed by atoms with Gasteiger partial charge in [-0.25, -0.2) is 0 Å². The number of nitrogen functional groups attached to an aromatic ring is 1. The molecule has 0 saturated carbocycles. The van der Waals surface area contributed by atoms with Crippen molar-refractivity contribution in [2.24, 2.45) is 5.73 Å². The summed E-state index contributed by atoms with van der Waals surface area (Å²) in [5.41, 5.74) is 12.7. The van der Waals surface area contributed by atoms with Crippen molar-refractivity contribution in [1.29, 1.82) is 0 Å². The van der Waals surface area contributed by atoms with Crippen LogP contribution in [0.1, 0.15) is 5.56 Å². The first-order valence-electron chi connectivity index (χ1n) is 3.12. The Balaban J connectivity index is 0.000000354. The maximum atomic E-state index is 5.55. The Morgan fingerprint density at radius 2 is 1.75 bits per heavy atom. The number of anilines is 1. The number of hydrogen-bond acceptors (Lipinski definition) is 2. The quantitative estimate of drug-likeness (QED) is 0.725. The SMILES string of the molecule is NCc1ccccc1N.[Cl][Pt][Cl]. The third kappa shape index (κ3) is 4.99. The van der Waals surface area contributed by atoms with Gasteiger partial charge >= 0.3 is 35.3 Å². The molecule has 2 nitrogen and oxygen atoms in total. The van der Waals surface area contributed by atoms with Crippen LogP contribution in [-0.4, -0.2) is 0 Å². The van der Waals surface area contributed by atoms with E-state index in [-0.39, 0.29) is 0 Å². The zero-order valence-corrected chi connectivity index (χ0v) is 10.0. The normalized spacial score (nSPS) is 8.92. The molecule has 1 rings (SSSR count). The minimum atomic E-state index is -0.472. The van der Waals surface area contributed by atoms with E-state index >= 15 is 0 Å². The average molecular weight is 388 g/mol. The molecule has 0 aromatic heterocycles. The van der Waals surface area contributed by atoms with E-state index in [9.17, 15) is 0 Å². The van der Waals surface area contributed by atoms with Gasteiger partial charge in [0.25, 0.3) is 0 Å². The van der Waals surface area contributed by atoms with Gasteiger partial charge in [-0.2, -0.15) is 0 Å². The maximum absolute atomic E-state index is 5.55. The number of nitrogens with two attached hydrogens (primary N) is 2. The molecule has 0 saturated heterocycles. The van der Waals surface area contributed by atoms with E-state index in [1.165, 1.54) is 0 Å². The summed E-state index contributed by atoms with van der Waals surface area (Å²) in [6, 6.07) is 7.60. The van der Waals surface area contributed by atoms with Crippen molar-refractivity contribution in [3.63, 3.8) is 0 Å². The number of halogens is 2. The standard InChI is InChI=1S/C7H10N2.2ClH.Pt/c8-5-6-3-1-2-4-7(6)9;;;/h1-4H,5,8-9H2;2*1H;/q;;;+2/p-2. The van der Waals surface area contributed by atoms with E-state index in [1.54, 1.807) is 0 Å². The fourth-order valence-corrected chi connectivity index (χ4v) is 0.720. The van der Waals surface area contributed by atoms with Crippen LogP contribution < -0.4 is 11.5 Å². The summed E-state index contributed by atoms with van der Waals surface area (Å²) in [7, 11) is 9.75. The Kier molecular flexibility index (Phi) is 8.04. The van der Waals surface area contributed by atoms with Crippen LogP contribution in [-0.2, 0) is 23.0 Å². The van der Waals surface area contributed by atoms with Crippen LogP contribution >= 0.6 is 18.8 Å². The second kappa shape index (κ2) is 7.87. The molecule has 1 aromatic rings. The second-order valence-corrected chi connectivity index (χ2v) is 5.23. The molecule has 0 aliphatic carbocycles. The first kappa shape index (κ1) is 12.2. The molecule has 0 bridgehead atoms. The molecule has 0 radical (unpaired) electrons. The van der Waals surface area contributed by atoms with Crippen molar-refractivity contribution in [2.45, 2.75) is 6.54 Å². The second-order valence-electron chi connectivity index (χ2n) is 1.95. The number of rotatable bonds is 1. The molecule has 0 atom stereocenters. The summed E-state index contributed by atoms with van der Waals surface area (Å²) in [4.78, 5) is 0. The molecule has 72 valence electrons. The molecule has 0 unspecified atom stereocenters. The van der Waals surface area contributed by atoms with Gasteiger partial charge in [-0.05, 0) is 11.6 Å². The zero-order valence-electron chi connectivity index (χ0n) is 6.24. The van der Waals surface area contributed by atoms with Crippen molar-refractivity contribution < 1.29 is 16.5 Å². The number of hydrogen-bond donors (Lipinski definition) is 2.